The van der Waals surface area contributed by atoms with E-state index in [9.17, 15) is 0 Å². The zero-order chi connectivity index (χ0) is 14.2. The number of hydrazine groups is 1. The molecule has 2 rings (SSSR count). The van der Waals surface area contributed by atoms with Crippen molar-refractivity contribution in [2.45, 2.75) is 12.8 Å². The standard InChI is InChI=1S/C16H21N3O/c1-19(15-8-11-17-12-9-15)18-10-4-6-14-5-3-7-16(13-14)20-2/h3,5,7-9,11-13,18H,4,6,10H2,1-2H3. The van der Waals surface area contributed by atoms with E-state index in [1.165, 1.54) is 5.56 Å². The lowest BCUT2D eigenvalue weighted by Crippen LogP contribution is -2.35. The first-order valence-electron chi connectivity index (χ1n) is 6.80. The molecule has 0 atom stereocenters. The summed E-state index contributed by atoms with van der Waals surface area (Å²) in [5.41, 5.74) is 5.79. The number of hydrogen-bond acceptors (Lipinski definition) is 4. The molecule has 0 aliphatic carbocycles. The quantitative estimate of drug-likeness (QED) is 0.620. The molecule has 0 radical (unpaired) electrons. The Balaban J connectivity index is 1.73. The van der Waals surface area contributed by atoms with E-state index in [1.54, 1.807) is 19.5 Å². The fourth-order valence-corrected chi connectivity index (χ4v) is 2.03. The van der Waals surface area contributed by atoms with E-state index < -0.39 is 0 Å². The molecule has 0 aliphatic rings. The average molecular weight is 271 g/mol. The fraction of sp³-hybridized carbons (Fsp3) is 0.312. The summed E-state index contributed by atoms with van der Waals surface area (Å²) in [5.74, 6) is 0.921. The van der Waals surface area contributed by atoms with Crippen molar-refractivity contribution in [1.82, 2.24) is 10.4 Å². The number of nitrogens with zero attached hydrogens (tertiary/aromatic N) is 2. The minimum atomic E-state index is 0.921. The van der Waals surface area contributed by atoms with E-state index in [4.69, 9.17) is 4.74 Å². The predicted octanol–water partition coefficient (Wildman–Crippen LogP) is 2.66. The minimum Gasteiger partial charge on any atom is -0.497 e. The van der Waals surface area contributed by atoms with Crippen molar-refractivity contribution >= 4 is 5.69 Å². The van der Waals surface area contributed by atoms with E-state index in [0.717, 1.165) is 30.8 Å². The summed E-state index contributed by atoms with van der Waals surface area (Å²) in [6.07, 6.45) is 5.70. The average Bonchev–Trinajstić information content (AvgIpc) is 2.52. The number of anilines is 1. The van der Waals surface area contributed by atoms with Crippen LogP contribution in [0, 0.1) is 0 Å². The van der Waals surface area contributed by atoms with Gasteiger partial charge in [-0.15, -0.1) is 0 Å². The summed E-state index contributed by atoms with van der Waals surface area (Å²) >= 11 is 0. The van der Waals surface area contributed by atoms with E-state index in [-0.39, 0.29) is 0 Å². The van der Waals surface area contributed by atoms with Crippen molar-refractivity contribution in [2.24, 2.45) is 0 Å². The maximum atomic E-state index is 5.23. The van der Waals surface area contributed by atoms with Crippen LogP contribution in [0.15, 0.2) is 48.8 Å². The molecule has 1 aromatic heterocycles. The van der Waals surface area contributed by atoms with Crippen LogP contribution in [0.25, 0.3) is 0 Å². The van der Waals surface area contributed by atoms with Gasteiger partial charge in [-0.25, -0.2) is 5.43 Å². The SMILES string of the molecule is COc1cccc(CCCNN(C)c2ccncc2)c1. The molecule has 0 aliphatic heterocycles. The lowest BCUT2D eigenvalue weighted by molar-refractivity contribution is 0.414. The molecular formula is C16H21N3O. The molecule has 1 N–H and O–H groups in total. The van der Waals surface area contributed by atoms with Crippen molar-refractivity contribution in [3.63, 3.8) is 0 Å². The Morgan fingerprint density at radius 3 is 2.75 bits per heavy atom. The van der Waals surface area contributed by atoms with Crippen molar-refractivity contribution < 1.29 is 4.74 Å². The van der Waals surface area contributed by atoms with E-state index in [0.29, 0.717) is 0 Å². The van der Waals surface area contributed by atoms with Crippen molar-refractivity contribution in [1.29, 1.82) is 0 Å². The summed E-state index contributed by atoms with van der Waals surface area (Å²) in [7, 11) is 3.71. The molecule has 1 aromatic carbocycles. The van der Waals surface area contributed by atoms with E-state index in [2.05, 4.69) is 22.5 Å². The summed E-state index contributed by atoms with van der Waals surface area (Å²) in [6, 6.07) is 12.2. The van der Waals surface area contributed by atoms with Gasteiger partial charge in [0.05, 0.1) is 12.8 Å². The van der Waals surface area contributed by atoms with Crippen LogP contribution in [0.5, 0.6) is 5.75 Å². The molecule has 0 spiro atoms. The predicted molar refractivity (Wildman–Crippen MR) is 82.0 cm³/mol. The number of nitrogens with one attached hydrogen (secondary N) is 1. The van der Waals surface area contributed by atoms with Gasteiger partial charge in [-0.05, 0) is 42.7 Å². The third kappa shape index (κ3) is 4.24. The highest BCUT2D eigenvalue weighted by atomic mass is 16.5. The molecule has 0 saturated carbocycles. The fourth-order valence-electron chi connectivity index (χ4n) is 2.03. The largest absolute Gasteiger partial charge is 0.497 e. The highest BCUT2D eigenvalue weighted by molar-refractivity contribution is 5.42. The molecule has 4 nitrogen and oxygen atoms in total. The van der Waals surface area contributed by atoms with Crippen molar-refractivity contribution in [3.8, 4) is 5.75 Å². The van der Waals surface area contributed by atoms with Crippen molar-refractivity contribution in [2.75, 3.05) is 25.7 Å². The van der Waals surface area contributed by atoms with Crippen LogP contribution in [0.1, 0.15) is 12.0 Å². The third-order valence-corrected chi connectivity index (χ3v) is 3.18. The summed E-state index contributed by atoms with van der Waals surface area (Å²) in [6.45, 7) is 0.927. The lowest BCUT2D eigenvalue weighted by Gasteiger charge is -2.20. The highest BCUT2D eigenvalue weighted by Crippen LogP contribution is 2.13. The summed E-state index contributed by atoms with van der Waals surface area (Å²) < 4.78 is 5.23. The Labute approximate surface area is 120 Å². The first-order chi connectivity index (χ1) is 9.79. The van der Waals surface area contributed by atoms with Crippen LogP contribution in [0.2, 0.25) is 0 Å². The number of aryl methyl sites for hydroxylation is 1. The van der Waals surface area contributed by atoms with E-state index >= 15 is 0 Å². The smallest absolute Gasteiger partial charge is 0.119 e. The van der Waals surface area contributed by atoms with Gasteiger partial charge < -0.3 is 9.75 Å². The monoisotopic (exact) mass is 271 g/mol. The molecule has 4 heteroatoms. The normalized spacial score (nSPS) is 10.3. The van der Waals surface area contributed by atoms with Gasteiger partial charge in [0, 0.05) is 26.0 Å². The van der Waals surface area contributed by atoms with E-state index in [1.807, 2.05) is 36.3 Å². The maximum absolute atomic E-state index is 5.23. The van der Waals surface area contributed by atoms with Gasteiger partial charge >= 0.3 is 0 Å². The van der Waals surface area contributed by atoms with Crippen LogP contribution in [0.4, 0.5) is 5.69 Å². The van der Waals surface area contributed by atoms with Crippen LogP contribution in [-0.4, -0.2) is 25.7 Å². The Hall–Kier alpha value is -2.07. The number of aromatic nitrogens is 1. The number of ether oxygens (including phenoxy) is 1. The highest BCUT2D eigenvalue weighted by Gasteiger charge is 2.00. The van der Waals surface area contributed by atoms with Crippen LogP contribution in [-0.2, 0) is 6.42 Å². The van der Waals surface area contributed by atoms with Gasteiger partial charge in [0.15, 0.2) is 0 Å². The molecule has 0 unspecified atom stereocenters. The van der Waals surface area contributed by atoms with Gasteiger partial charge in [-0.1, -0.05) is 12.1 Å². The molecule has 0 fully saturated rings. The van der Waals surface area contributed by atoms with Gasteiger partial charge in [0.2, 0.25) is 0 Å². The second-order valence-electron chi connectivity index (χ2n) is 4.63. The van der Waals surface area contributed by atoms with Crippen molar-refractivity contribution in [3.05, 3.63) is 54.4 Å². The second kappa shape index (κ2) is 7.50. The Morgan fingerprint density at radius 1 is 1.20 bits per heavy atom. The number of pyridine rings is 1. The molecule has 0 bridgehead atoms. The first kappa shape index (κ1) is 14.3. The number of hydrogen-bond donors (Lipinski definition) is 1. The minimum absolute atomic E-state index is 0.921. The van der Waals surface area contributed by atoms with Gasteiger partial charge in [-0.3, -0.25) is 4.98 Å². The zero-order valence-electron chi connectivity index (χ0n) is 12.0. The molecule has 2 aromatic rings. The summed E-state index contributed by atoms with van der Waals surface area (Å²) in [5, 5.41) is 2.02. The second-order valence-corrected chi connectivity index (χ2v) is 4.63. The Kier molecular flexibility index (Phi) is 5.38. The van der Waals surface area contributed by atoms with Crippen LogP contribution < -0.4 is 15.2 Å². The van der Waals surface area contributed by atoms with Crippen LogP contribution >= 0.6 is 0 Å². The third-order valence-electron chi connectivity index (χ3n) is 3.18. The van der Waals surface area contributed by atoms with Gasteiger partial charge in [-0.2, -0.15) is 0 Å². The Morgan fingerprint density at radius 2 is 2.00 bits per heavy atom. The Bertz CT molecular complexity index is 516. The number of benzene rings is 1. The topological polar surface area (TPSA) is 37.4 Å². The summed E-state index contributed by atoms with van der Waals surface area (Å²) in [4.78, 5) is 4.01. The molecular weight excluding hydrogens is 250 g/mol. The zero-order valence-corrected chi connectivity index (χ0v) is 12.0. The molecule has 106 valence electrons. The van der Waals surface area contributed by atoms with Gasteiger partial charge in [0.1, 0.15) is 5.75 Å². The lowest BCUT2D eigenvalue weighted by atomic mass is 10.1. The maximum Gasteiger partial charge on any atom is 0.119 e. The molecule has 20 heavy (non-hydrogen) atoms. The molecule has 0 saturated heterocycles. The molecule has 1 heterocycles. The van der Waals surface area contributed by atoms with Gasteiger partial charge in [0.25, 0.3) is 0 Å². The molecule has 0 amide bonds. The first-order valence-corrected chi connectivity index (χ1v) is 6.80. The number of rotatable bonds is 7. The number of methoxy groups -OCH3 is 1. The van der Waals surface area contributed by atoms with Crippen LogP contribution in [0.3, 0.4) is 0 Å².